The first-order valence-corrected chi connectivity index (χ1v) is 8.35. The minimum absolute atomic E-state index is 0.0236. The summed E-state index contributed by atoms with van der Waals surface area (Å²) in [6.07, 6.45) is -0.276. The number of phenols is 1. The van der Waals surface area contributed by atoms with Crippen molar-refractivity contribution < 1.29 is 24.1 Å². The van der Waals surface area contributed by atoms with Gasteiger partial charge < -0.3 is 19.3 Å². The molecule has 1 aliphatic rings. The molecule has 0 saturated carbocycles. The van der Waals surface area contributed by atoms with E-state index in [0.717, 1.165) is 0 Å². The van der Waals surface area contributed by atoms with Crippen LogP contribution in [0, 0.1) is 0 Å². The fourth-order valence-electron chi connectivity index (χ4n) is 2.81. The summed E-state index contributed by atoms with van der Waals surface area (Å²) in [4.78, 5) is 11.1. The second-order valence-corrected chi connectivity index (χ2v) is 5.89. The van der Waals surface area contributed by atoms with E-state index in [4.69, 9.17) is 20.1 Å². The number of methoxy groups -OCH3 is 1. The van der Waals surface area contributed by atoms with Crippen LogP contribution in [-0.4, -0.2) is 37.4 Å². The summed E-state index contributed by atoms with van der Waals surface area (Å²) in [6.45, 7) is 0.301. The zero-order valence-corrected chi connectivity index (χ0v) is 14.8. The Morgan fingerprint density at radius 2 is 2.07 bits per heavy atom. The monoisotopic (exact) mass is 374 g/mol. The van der Waals surface area contributed by atoms with Crippen molar-refractivity contribution in [2.75, 3.05) is 20.3 Å². The summed E-state index contributed by atoms with van der Waals surface area (Å²) >= 11 is 0. The van der Waals surface area contributed by atoms with Crippen molar-refractivity contribution in [3.8, 4) is 23.0 Å². The van der Waals surface area contributed by atoms with E-state index in [9.17, 15) is 9.90 Å². The fraction of sp³-hybridized carbons (Fsp3) is 0.278. The quantitative estimate of drug-likeness (QED) is 0.267. The van der Waals surface area contributed by atoms with Crippen LogP contribution >= 0.6 is 0 Å². The number of para-hydroxylation sites is 2. The predicted octanol–water partition coefficient (Wildman–Crippen LogP) is 0.366. The molecule has 6 N–H and O–H groups in total. The van der Waals surface area contributed by atoms with Gasteiger partial charge in [-0.3, -0.25) is 15.6 Å². The van der Waals surface area contributed by atoms with E-state index in [1.165, 1.54) is 6.07 Å². The summed E-state index contributed by atoms with van der Waals surface area (Å²) in [5, 5.41) is 10.4. The van der Waals surface area contributed by atoms with Gasteiger partial charge >= 0.3 is 0 Å². The van der Waals surface area contributed by atoms with Crippen molar-refractivity contribution >= 4 is 5.91 Å². The number of ether oxygens (including phenoxy) is 3. The zero-order chi connectivity index (χ0) is 19.2. The first-order valence-electron chi connectivity index (χ1n) is 8.35. The number of carbonyl (C=O) groups is 1. The van der Waals surface area contributed by atoms with Gasteiger partial charge in [-0.1, -0.05) is 12.1 Å². The highest BCUT2D eigenvalue weighted by atomic mass is 16.5. The van der Waals surface area contributed by atoms with Gasteiger partial charge in [0.15, 0.2) is 18.1 Å². The van der Waals surface area contributed by atoms with E-state index in [1.807, 2.05) is 29.7 Å². The first-order chi connectivity index (χ1) is 13.1. The molecule has 2 atom stereocenters. The maximum atomic E-state index is 11.1. The molecule has 0 bridgehead atoms. The number of aromatic hydroxyl groups is 1. The number of carbonyl (C=O) groups excluding carboxylic acids is 1. The lowest BCUT2D eigenvalue weighted by Gasteiger charge is -2.22. The minimum Gasteiger partial charge on any atom is -0.507 e. The van der Waals surface area contributed by atoms with Gasteiger partial charge in [-0.2, -0.15) is 0 Å². The summed E-state index contributed by atoms with van der Waals surface area (Å²) in [5.74, 6) is 6.17. The van der Waals surface area contributed by atoms with Crippen molar-refractivity contribution in [2.45, 2.75) is 12.1 Å². The van der Waals surface area contributed by atoms with E-state index in [-0.39, 0.29) is 24.5 Å². The normalized spacial score (nSPS) is 18.7. The topological polar surface area (TPSA) is 127 Å². The Labute approximate surface area is 156 Å². The van der Waals surface area contributed by atoms with Gasteiger partial charge in [-0.15, -0.1) is 0 Å². The molecule has 0 aromatic heterocycles. The van der Waals surface area contributed by atoms with Crippen LogP contribution in [-0.2, 0) is 4.79 Å². The van der Waals surface area contributed by atoms with Crippen LogP contribution in [0.2, 0.25) is 0 Å². The van der Waals surface area contributed by atoms with Crippen molar-refractivity contribution in [2.24, 2.45) is 5.84 Å². The lowest BCUT2D eigenvalue weighted by molar-refractivity contribution is -0.123. The molecule has 0 radical (unpaired) electrons. The van der Waals surface area contributed by atoms with Gasteiger partial charge in [-0.05, 0) is 24.3 Å². The van der Waals surface area contributed by atoms with Crippen LogP contribution in [0.3, 0.4) is 0 Å². The molecule has 2 aromatic carbocycles. The standard InChI is InChI=1S/C18H22N4O5/c1-25-14-4-2-3-5-15(14)27-16-9-20-22-18(16)12-7-6-11(8-13(12)23)26-10-17(24)21-19/h2-8,16,18,20,22-23H,9-10,19H2,1H3,(H,21,24). The number of nitrogens with two attached hydrogens (primary N) is 1. The van der Waals surface area contributed by atoms with Crippen molar-refractivity contribution in [1.29, 1.82) is 0 Å². The van der Waals surface area contributed by atoms with E-state index >= 15 is 0 Å². The molecule has 1 fully saturated rings. The average Bonchev–Trinajstić information content (AvgIpc) is 3.14. The Hall–Kier alpha value is -3.01. The minimum atomic E-state index is -0.467. The second-order valence-electron chi connectivity index (χ2n) is 5.89. The maximum Gasteiger partial charge on any atom is 0.271 e. The van der Waals surface area contributed by atoms with E-state index in [1.54, 1.807) is 19.2 Å². The number of rotatable bonds is 7. The van der Waals surface area contributed by atoms with E-state index in [0.29, 0.717) is 29.4 Å². The number of hydrogen-bond donors (Lipinski definition) is 5. The van der Waals surface area contributed by atoms with Crippen molar-refractivity contribution in [3.05, 3.63) is 48.0 Å². The van der Waals surface area contributed by atoms with Gasteiger partial charge in [0.2, 0.25) is 0 Å². The largest absolute Gasteiger partial charge is 0.507 e. The molecular weight excluding hydrogens is 352 g/mol. The maximum absolute atomic E-state index is 11.1. The van der Waals surface area contributed by atoms with Crippen molar-refractivity contribution in [3.63, 3.8) is 0 Å². The Kier molecular flexibility index (Phi) is 5.97. The van der Waals surface area contributed by atoms with Crippen molar-refractivity contribution in [1.82, 2.24) is 16.3 Å². The Balaban J connectivity index is 1.73. The van der Waals surface area contributed by atoms with Gasteiger partial charge in [-0.25, -0.2) is 11.3 Å². The van der Waals surface area contributed by atoms with E-state index in [2.05, 4.69) is 10.9 Å². The van der Waals surface area contributed by atoms with Crippen LogP contribution in [0.15, 0.2) is 42.5 Å². The number of nitrogens with one attached hydrogen (secondary N) is 3. The average molecular weight is 374 g/mol. The highest BCUT2D eigenvalue weighted by Crippen LogP contribution is 2.35. The van der Waals surface area contributed by atoms with Gasteiger partial charge in [0.05, 0.1) is 13.2 Å². The molecule has 3 rings (SSSR count). The fourth-order valence-corrected chi connectivity index (χ4v) is 2.81. The Bertz CT molecular complexity index is 801. The third-order valence-corrected chi connectivity index (χ3v) is 4.15. The van der Waals surface area contributed by atoms with Crippen LogP contribution in [0.4, 0.5) is 0 Å². The molecule has 1 amide bonds. The first kappa shape index (κ1) is 18.8. The van der Waals surface area contributed by atoms with E-state index < -0.39 is 5.91 Å². The summed E-state index contributed by atoms with van der Waals surface area (Å²) in [7, 11) is 1.58. The van der Waals surface area contributed by atoms with Gasteiger partial charge in [0.1, 0.15) is 17.6 Å². The molecule has 1 saturated heterocycles. The molecule has 0 spiro atoms. The smallest absolute Gasteiger partial charge is 0.271 e. The SMILES string of the molecule is COc1ccccc1OC1CNNC1c1ccc(OCC(=O)NN)cc1O. The lowest BCUT2D eigenvalue weighted by atomic mass is 10.0. The Morgan fingerprint density at radius 3 is 2.78 bits per heavy atom. The molecule has 0 aliphatic carbocycles. The van der Waals surface area contributed by atoms with Crippen LogP contribution in [0.5, 0.6) is 23.0 Å². The number of phenolic OH excluding ortho intramolecular Hbond substituents is 1. The van der Waals surface area contributed by atoms with Gasteiger partial charge in [0, 0.05) is 18.2 Å². The number of hydrazine groups is 2. The molecule has 1 heterocycles. The molecule has 144 valence electrons. The number of amides is 1. The molecule has 27 heavy (non-hydrogen) atoms. The highest BCUT2D eigenvalue weighted by Gasteiger charge is 2.32. The second kappa shape index (κ2) is 8.58. The molecule has 9 nitrogen and oxygen atoms in total. The van der Waals surface area contributed by atoms with Crippen LogP contribution in [0.1, 0.15) is 11.6 Å². The zero-order valence-electron chi connectivity index (χ0n) is 14.8. The predicted molar refractivity (Wildman–Crippen MR) is 97.2 cm³/mol. The Morgan fingerprint density at radius 1 is 1.30 bits per heavy atom. The summed E-state index contributed by atoms with van der Waals surface area (Å²) in [5.41, 5.74) is 8.75. The third-order valence-electron chi connectivity index (χ3n) is 4.15. The van der Waals surface area contributed by atoms with Crippen LogP contribution in [0.25, 0.3) is 0 Å². The molecule has 1 aliphatic heterocycles. The molecule has 2 aromatic rings. The highest BCUT2D eigenvalue weighted by molar-refractivity contribution is 5.76. The summed E-state index contributed by atoms with van der Waals surface area (Å²) in [6, 6.07) is 11.9. The molecular formula is C18H22N4O5. The molecule has 2 unspecified atom stereocenters. The van der Waals surface area contributed by atoms with Gasteiger partial charge in [0.25, 0.3) is 5.91 Å². The lowest BCUT2D eigenvalue weighted by Crippen LogP contribution is -2.34. The number of hydrogen-bond acceptors (Lipinski definition) is 8. The third kappa shape index (κ3) is 4.40. The summed E-state index contributed by atoms with van der Waals surface area (Å²) < 4.78 is 16.7. The van der Waals surface area contributed by atoms with Crippen LogP contribution < -0.4 is 36.3 Å². The number of benzene rings is 2. The molecule has 9 heteroatoms.